The van der Waals surface area contributed by atoms with E-state index in [0.29, 0.717) is 10.1 Å². The van der Waals surface area contributed by atoms with Gasteiger partial charge in [-0.05, 0) is 0 Å². The summed E-state index contributed by atoms with van der Waals surface area (Å²) in [4.78, 5) is 11.2. The van der Waals surface area contributed by atoms with Crippen molar-refractivity contribution in [3.63, 3.8) is 0 Å². The molecule has 0 radical (unpaired) electrons. The molecule has 0 aliphatic heterocycles. The van der Waals surface area contributed by atoms with Crippen LogP contribution in [0.25, 0.3) is 0 Å². The van der Waals surface area contributed by atoms with Crippen LogP contribution >= 0.6 is 23.1 Å². The number of thioether (sulfide) groups is 1. The molecule has 6 nitrogen and oxygen atoms in total. The normalized spacial score (nSPS) is 11.6. The highest BCUT2D eigenvalue weighted by Crippen LogP contribution is 2.28. The lowest BCUT2D eigenvalue weighted by molar-refractivity contribution is -0.115. The first-order valence-corrected chi connectivity index (χ1v) is 7.21. The van der Waals surface area contributed by atoms with E-state index in [2.05, 4.69) is 15.5 Å². The Bertz CT molecular complexity index is 671. The van der Waals surface area contributed by atoms with Crippen molar-refractivity contribution >= 4 is 28.2 Å². The fourth-order valence-electron chi connectivity index (χ4n) is 1.17. The molecule has 0 saturated carbocycles. The van der Waals surface area contributed by atoms with Crippen LogP contribution in [0.3, 0.4) is 0 Å². The van der Waals surface area contributed by atoms with Gasteiger partial charge in [-0.1, -0.05) is 23.1 Å². The van der Waals surface area contributed by atoms with Gasteiger partial charge in [0.2, 0.25) is 10.6 Å². The summed E-state index contributed by atoms with van der Waals surface area (Å²) in [5.41, 5.74) is -0.568. The number of anilines is 1. The van der Waals surface area contributed by atoms with Crippen molar-refractivity contribution in [2.45, 2.75) is 16.3 Å². The van der Waals surface area contributed by atoms with Crippen LogP contribution in [0.5, 0.6) is 5.75 Å². The van der Waals surface area contributed by atoms with Gasteiger partial charge in [-0.15, -0.1) is 10.2 Å². The molecule has 0 aliphatic rings. The first-order chi connectivity index (χ1) is 9.83. The second kappa shape index (κ2) is 6.35. The van der Waals surface area contributed by atoms with Gasteiger partial charge in [0.15, 0.2) is 10.1 Å². The Morgan fingerprint density at radius 2 is 2.19 bits per heavy atom. The molecule has 2 rings (SSSR count). The van der Waals surface area contributed by atoms with Gasteiger partial charge in [0.25, 0.3) is 0 Å². The summed E-state index contributed by atoms with van der Waals surface area (Å²) in [7, 11) is 0. The van der Waals surface area contributed by atoms with E-state index in [4.69, 9.17) is 9.52 Å². The predicted molar refractivity (Wildman–Crippen MR) is 70.7 cm³/mol. The first kappa shape index (κ1) is 15.6. The zero-order valence-electron chi connectivity index (χ0n) is 10.2. The number of alkyl halides is 3. The van der Waals surface area contributed by atoms with Gasteiger partial charge >= 0.3 is 6.18 Å². The summed E-state index contributed by atoms with van der Waals surface area (Å²) in [6.07, 6.45) is -3.40. The third-order valence-electron chi connectivity index (χ3n) is 2.05. The minimum Gasteiger partial charge on any atom is -0.502 e. The molecule has 0 saturated heterocycles. The summed E-state index contributed by atoms with van der Waals surface area (Å²) in [5, 5.41) is 18.5. The summed E-state index contributed by atoms with van der Waals surface area (Å²) in [6.45, 7) is -1.18. The molecule has 0 spiro atoms. The Balaban J connectivity index is 1.90. The average Bonchev–Trinajstić information content (AvgIpc) is 2.85. The number of halogens is 3. The number of nitrogens with one attached hydrogen (secondary N) is 1. The Labute approximate surface area is 124 Å². The minimum atomic E-state index is -4.32. The smallest absolute Gasteiger partial charge is 0.405 e. The molecule has 2 heterocycles. The van der Waals surface area contributed by atoms with E-state index in [9.17, 15) is 18.0 Å². The largest absolute Gasteiger partial charge is 0.502 e. The highest BCUT2D eigenvalue weighted by atomic mass is 32.2. The van der Waals surface area contributed by atoms with Gasteiger partial charge in [-0.25, -0.2) is 0 Å². The third kappa shape index (κ3) is 4.93. The molecule has 11 heteroatoms. The lowest BCUT2D eigenvalue weighted by Crippen LogP contribution is -2.21. The van der Waals surface area contributed by atoms with Crippen LogP contribution in [0, 0.1) is 0 Å². The summed E-state index contributed by atoms with van der Waals surface area (Å²) in [6, 6.07) is 1.13. The predicted octanol–water partition coefficient (Wildman–Crippen LogP) is 2.46. The monoisotopic (exact) mass is 339 g/mol. The van der Waals surface area contributed by atoms with Gasteiger partial charge in [0, 0.05) is 6.07 Å². The molecule has 0 amide bonds. The third-order valence-corrected chi connectivity index (χ3v) is 4.09. The van der Waals surface area contributed by atoms with Crippen LogP contribution in [-0.2, 0) is 5.75 Å². The molecule has 0 aliphatic carbocycles. The lowest BCUT2D eigenvalue weighted by atomic mass is 10.4. The molecule has 2 N–H and O–H groups in total. The molecule has 2 aromatic rings. The topological polar surface area (TPSA) is 88.3 Å². The fraction of sp³-hybridized carbons (Fsp3) is 0.300. The van der Waals surface area contributed by atoms with E-state index in [1.54, 1.807) is 0 Å². The van der Waals surface area contributed by atoms with Crippen molar-refractivity contribution in [2.24, 2.45) is 0 Å². The zero-order valence-corrected chi connectivity index (χ0v) is 11.8. The molecule has 0 unspecified atom stereocenters. The number of hydrogen-bond donors (Lipinski definition) is 2. The maximum atomic E-state index is 12.0. The van der Waals surface area contributed by atoms with E-state index in [0.717, 1.165) is 35.4 Å². The second-order valence-electron chi connectivity index (χ2n) is 3.73. The van der Waals surface area contributed by atoms with Crippen LogP contribution in [-0.4, -0.2) is 28.0 Å². The van der Waals surface area contributed by atoms with Crippen LogP contribution in [0.15, 0.2) is 25.9 Å². The zero-order chi connectivity index (χ0) is 15.5. The molecule has 0 aromatic carbocycles. The van der Waals surface area contributed by atoms with Crippen molar-refractivity contribution in [3.05, 3.63) is 28.3 Å². The number of nitrogens with zero attached hydrogens (tertiary/aromatic N) is 2. The van der Waals surface area contributed by atoms with Gasteiger partial charge in [-0.2, -0.15) is 13.2 Å². The summed E-state index contributed by atoms with van der Waals surface area (Å²) < 4.78 is 41.4. The molecule has 114 valence electrons. The Morgan fingerprint density at radius 1 is 1.43 bits per heavy atom. The maximum absolute atomic E-state index is 12.0. The Kier molecular flexibility index (Phi) is 4.73. The van der Waals surface area contributed by atoms with Crippen molar-refractivity contribution in [3.8, 4) is 5.75 Å². The number of rotatable bonds is 5. The minimum absolute atomic E-state index is 0.0574. The Hall–Kier alpha value is -1.75. The van der Waals surface area contributed by atoms with E-state index >= 15 is 0 Å². The number of aromatic nitrogens is 2. The highest BCUT2D eigenvalue weighted by molar-refractivity contribution is 8.00. The first-order valence-electron chi connectivity index (χ1n) is 5.41. The van der Waals surface area contributed by atoms with Gasteiger partial charge < -0.3 is 14.8 Å². The van der Waals surface area contributed by atoms with Crippen molar-refractivity contribution in [1.29, 1.82) is 0 Å². The van der Waals surface area contributed by atoms with Gasteiger partial charge in [0.05, 0.1) is 5.75 Å². The van der Waals surface area contributed by atoms with Crippen molar-refractivity contribution < 1.29 is 22.7 Å². The SMILES string of the molecule is O=c1cc(CSc2nnc(NCC(F)(F)F)s2)occ1O. The fourth-order valence-corrected chi connectivity index (χ4v) is 2.81. The van der Waals surface area contributed by atoms with E-state index in [1.807, 2.05) is 0 Å². The van der Waals surface area contributed by atoms with Crippen LogP contribution < -0.4 is 10.7 Å². The highest BCUT2D eigenvalue weighted by Gasteiger charge is 2.27. The van der Waals surface area contributed by atoms with Gasteiger partial charge in [0.1, 0.15) is 18.6 Å². The maximum Gasteiger partial charge on any atom is 0.405 e. The number of aromatic hydroxyl groups is 1. The average molecular weight is 339 g/mol. The van der Waals surface area contributed by atoms with Crippen molar-refractivity contribution in [2.75, 3.05) is 11.9 Å². The molecule has 0 atom stereocenters. The van der Waals surface area contributed by atoms with Crippen molar-refractivity contribution in [1.82, 2.24) is 10.2 Å². The Morgan fingerprint density at radius 3 is 2.86 bits per heavy atom. The lowest BCUT2D eigenvalue weighted by Gasteiger charge is -2.05. The second-order valence-corrected chi connectivity index (χ2v) is 5.93. The molecule has 0 bridgehead atoms. The summed E-state index contributed by atoms with van der Waals surface area (Å²) in [5.74, 6) is 0.0600. The molecule has 0 fully saturated rings. The van der Waals surface area contributed by atoms with Gasteiger partial charge in [-0.3, -0.25) is 4.79 Å². The quantitative estimate of drug-likeness (QED) is 0.809. The van der Waals surface area contributed by atoms with E-state index in [1.165, 1.54) is 0 Å². The standard InChI is InChI=1S/C10H8F3N3O3S2/c11-10(12,13)4-14-8-15-16-9(21-8)20-3-5-1-6(17)7(18)2-19-5/h1-2,18H,3-4H2,(H,14,15). The van der Waals surface area contributed by atoms with E-state index in [-0.39, 0.29) is 10.9 Å². The van der Waals surface area contributed by atoms with Crippen LogP contribution in [0.4, 0.5) is 18.3 Å². The molecule has 2 aromatic heterocycles. The summed E-state index contributed by atoms with van der Waals surface area (Å²) >= 11 is 2.11. The van der Waals surface area contributed by atoms with Crippen LogP contribution in [0.2, 0.25) is 0 Å². The van der Waals surface area contributed by atoms with E-state index < -0.39 is 23.9 Å². The molecular formula is C10H8F3N3O3S2. The molecule has 21 heavy (non-hydrogen) atoms. The molecular weight excluding hydrogens is 331 g/mol. The van der Waals surface area contributed by atoms with Crippen LogP contribution in [0.1, 0.15) is 5.76 Å². The number of hydrogen-bond acceptors (Lipinski definition) is 8.